The van der Waals surface area contributed by atoms with Crippen molar-refractivity contribution in [2.24, 2.45) is 0 Å². The third-order valence-electron chi connectivity index (χ3n) is 2.43. The number of nitrogens with zero attached hydrogens (tertiary/aromatic N) is 2. The molecule has 0 saturated carbocycles. The van der Waals surface area contributed by atoms with Crippen LogP contribution in [0.4, 0.5) is 0 Å². The largest absolute Gasteiger partial charge is 0.343 e. The van der Waals surface area contributed by atoms with Gasteiger partial charge in [0.25, 0.3) is 0 Å². The zero-order chi connectivity index (χ0) is 10.4. The van der Waals surface area contributed by atoms with Crippen LogP contribution in [0.1, 0.15) is 5.69 Å². The SMILES string of the molecule is Cc1cc(=O)c2nc3ccccn3c2[nH]1. The van der Waals surface area contributed by atoms with Crippen LogP contribution < -0.4 is 5.43 Å². The van der Waals surface area contributed by atoms with Crippen LogP contribution in [0.5, 0.6) is 0 Å². The molecule has 4 nitrogen and oxygen atoms in total. The molecule has 0 aliphatic rings. The van der Waals surface area contributed by atoms with Crippen LogP contribution >= 0.6 is 0 Å². The van der Waals surface area contributed by atoms with Gasteiger partial charge in [0.15, 0.2) is 5.52 Å². The summed E-state index contributed by atoms with van der Waals surface area (Å²) in [4.78, 5) is 19.1. The molecule has 0 aliphatic heterocycles. The van der Waals surface area contributed by atoms with E-state index in [1.54, 1.807) is 6.07 Å². The lowest BCUT2D eigenvalue weighted by Crippen LogP contribution is -2.02. The predicted molar refractivity (Wildman–Crippen MR) is 58.1 cm³/mol. The third-order valence-corrected chi connectivity index (χ3v) is 2.43. The second kappa shape index (κ2) is 2.70. The first-order valence-corrected chi connectivity index (χ1v) is 4.72. The normalized spacial score (nSPS) is 11.3. The van der Waals surface area contributed by atoms with Crippen molar-refractivity contribution in [1.82, 2.24) is 14.4 Å². The second-order valence-corrected chi connectivity index (χ2v) is 3.55. The second-order valence-electron chi connectivity index (χ2n) is 3.55. The number of aromatic amines is 1. The number of imidazole rings is 1. The van der Waals surface area contributed by atoms with Crippen molar-refractivity contribution >= 4 is 16.8 Å². The first kappa shape index (κ1) is 8.23. The summed E-state index contributed by atoms with van der Waals surface area (Å²) in [6.07, 6.45) is 1.89. The number of aryl methyl sites for hydroxylation is 1. The van der Waals surface area contributed by atoms with Crippen molar-refractivity contribution in [3.8, 4) is 0 Å². The maximum Gasteiger partial charge on any atom is 0.209 e. The van der Waals surface area contributed by atoms with E-state index < -0.39 is 0 Å². The Hall–Kier alpha value is -2.10. The number of hydrogen-bond donors (Lipinski definition) is 1. The molecule has 15 heavy (non-hydrogen) atoms. The summed E-state index contributed by atoms with van der Waals surface area (Å²) >= 11 is 0. The summed E-state index contributed by atoms with van der Waals surface area (Å²) in [5, 5.41) is 0. The van der Waals surface area contributed by atoms with Gasteiger partial charge < -0.3 is 4.98 Å². The van der Waals surface area contributed by atoms with Crippen LogP contribution in [-0.4, -0.2) is 14.4 Å². The van der Waals surface area contributed by atoms with Gasteiger partial charge in [0.1, 0.15) is 11.3 Å². The van der Waals surface area contributed by atoms with E-state index in [1.165, 1.54) is 0 Å². The molecular weight excluding hydrogens is 190 g/mol. The Bertz CT molecular complexity index is 708. The minimum absolute atomic E-state index is 0.0371. The Morgan fingerprint density at radius 3 is 3.13 bits per heavy atom. The van der Waals surface area contributed by atoms with Gasteiger partial charge in [-0.2, -0.15) is 0 Å². The van der Waals surface area contributed by atoms with Gasteiger partial charge in [0.05, 0.1) is 0 Å². The smallest absolute Gasteiger partial charge is 0.209 e. The van der Waals surface area contributed by atoms with Crippen molar-refractivity contribution < 1.29 is 0 Å². The van der Waals surface area contributed by atoms with E-state index in [0.717, 1.165) is 17.0 Å². The molecule has 0 bridgehead atoms. The van der Waals surface area contributed by atoms with Crippen molar-refractivity contribution in [2.45, 2.75) is 6.92 Å². The Morgan fingerprint density at radius 1 is 1.40 bits per heavy atom. The van der Waals surface area contributed by atoms with Gasteiger partial charge in [-0.15, -0.1) is 0 Å². The van der Waals surface area contributed by atoms with E-state index in [9.17, 15) is 4.79 Å². The number of fused-ring (bicyclic) bond motifs is 3. The molecule has 0 aliphatic carbocycles. The molecule has 0 atom stereocenters. The quantitative estimate of drug-likeness (QED) is 0.596. The van der Waals surface area contributed by atoms with Gasteiger partial charge in [0, 0.05) is 18.0 Å². The Balaban J connectivity index is 2.67. The van der Waals surface area contributed by atoms with Crippen molar-refractivity contribution in [2.75, 3.05) is 0 Å². The fourth-order valence-electron chi connectivity index (χ4n) is 1.77. The summed E-state index contributed by atoms with van der Waals surface area (Å²) in [7, 11) is 0. The van der Waals surface area contributed by atoms with Crippen LogP contribution in [-0.2, 0) is 0 Å². The van der Waals surface area contributed by atoms with E-state index in [0.29, 0.717) is 5.52 Å². The van der Waals surface area contributed by atoms with Crippen LogP contribution in [0.2, 0.25) is 0 Å². The standard InChI is InChI=1S/C11H9N3O/c1-7-6-8(15)10-11(12-7)14-5-3-2-4-9(14)13-10/h2-6H,1H3,(H,12,15). The highest BCUT2D eigenvalue weighted by Crippen LogP contribution is 2.10. The van der Waals surface area contributed by atoms with E-state index in [1.807, 2.05) is 35.7 Å². The zero-order valence-corrected chi connectivity index (χ0v) is 8.19. The number of pyridine rings is 2. The van der Waals surface area contributed by atoms with Crippen molar-refractivity contribution in [1.29, 1.82) is 0 Å². The maximum atomic E-state index is 11.7. The van der Waals surface area contributed by atoms with E-state index in [4.69, 9.17) is 0 Å². The molecule has 0 fully saturated rings. The molecule has 1 N–H and O–H groups in total. The topological polar surface area (TPSA) is 50.2 Å². The fourth-order valence-corrected chi connectivity index (χ4v) is 1.77. The van der Waals surface area contributed by atoms with Gasteiger partial charge in [0.2, 0.25) is 5.43 Å². The molecule has 74 valence electrons. The van der Waals surface area contributed by atoms with Gasteiger partial charge in [-0.3, -0.25) is 9.20 Å². The van der Waals surface area contributed by atoms with Crippen molar-refractivity contribution in [3.05, 3.63) is 46.4 Å². The molecule has 3 heterocycles. The molecular formula is C11H9N3O. The van der Waals surface area contributed by atoms with Crippen LogP contribution in [0.15, 0.2) is 35.3 Å². The summed E-state index contributed by atoms with van der Waals surface area (Å²) in [5.74, 6) is 0. The first-order chi connectivity index (χ1) is 7.25. The van der Waals surface area contributed by atoms with E-state index >= 15 is 0 Å². The lowest BCUT2D eigenvalue weighted by atomic mass is 10.3. The Labute approximate surface area is 85.2 Å². The predicted octanol–water partition coefficient (Wildman–Crippen LogP) is 1.48. The Kier molecular flexibility index (Phi) is 1.48. The molecule has 4 heteroatoms. The number of nitrogens with one attached hydrogen (secondary N) is 1. The minimum atomic E-state index is -0.0371. The monoisotopic (exact) mass is 199 g/mol. The molecule has 0 amide bonds. The molecule has 3 rings (SSSR count). The summed E-state index contributed by atoms with van der Waals surface area (Å²) < 4.78 is 1.88. The molecule has 0 unspecified atom stereocenters. The van der Waals surface area contributed by atoms with Gasteiger partial charge in [-0.25, -0.2) is 4.98 Å². The summed E-state index contributed by atoms with van der Waals surface area (Å²) in [5.41, 5.74) is 2.84. The lowest BCUT2D eigenvalue weighted by molar-refractivity contribution is 1.15. The molecule has 0 radical (unpaired) electrons. The number of aromatic nitrogens is 3. The molecule has 3 aromatic rings. The highest BCUT2D eigenvalue weighted by atomic mass is 16.1. The maximum absolute atomic E-state index is 11.7. The molecule has 3 aromatic heterocycles. The average molecular weight is 199 g/mol. The zero-order valence-electron chi connectivity index (χ0n) is 8.19. The van der Waals surface area contributed by atoms with Crippen LogP contribution in [0.3, 0.4) is 0 Å². The van der Waals surface area contributed by atoms with E-state index in [-0.39, 0.29) is 5.43 Å². The Morgan fingerprint density at radius 2 is 2.27 bits per heavy atom. The number of hydrogen-bond acceptors (Lipinski definition) is 2. The third kappa shape index (κ3) is 1.08. The highest BCUT2D eigenvalue weighted by molar-refractivity contribution is 5.76. The molecule has 0 aromatic carbocycles. The number of rotatable bonds is 0. The van der Waals surface area contributed by atoms with Gasteiger partial charge >= 0.3 is 0 Å². The summed E-state index contributed by atoms with van der Waals surface area (Å²) in [6, 6.07) is 7.25. The number of H-pyrrole nitrogens is 1. The first-order valence-electron chi connectivity index (χ1n) is 4.72. The van der Waals surface area contributed by atoms with Crippen molar-refractivity contribution in [3.63, 3.8) is 0 Å². The lowest BCUT2D eigenvalue weighted by Gasteiger charge is -1.95. The minimum Gasteiger partial charge on any atom is -0.343 e. The highest BCUT2D eigenvalue weighted by Gasteiger charge is 2.07. The molecule has 0 saturated heterocycles. The molecule has 0 spiro atoms. The average Bonchev–Trinajstić information content (AvgIpc) is 2.57. The van der Waals surface area contributed by atoms with Crippen LogP contribution in [0, 0.1) is 6.92 Å². The van der Waals surface area contributed by atoms with E-state index in [2.05, 4.69) is 9.97 Å². The summed E-state index contributed by atoms with van der Waals surface area (Å²) in [6.45, 7) is 1.86. The van der Waals surface area contributed by atoms with Gasteiger partial charge in [-0.05, 0) is 19.1 Å². The van der Waals surface area contributed by atoms with Gasteiger partial charge in [-0.1, -0.05) is 6.07 Å². The fraction of sp³-hybridized carbons (Fsp3) is 0.0909. The van der Waals surface area contributed by atoms with Crippen LogP contribution in [0.25, 0.3) is 16.8 Å².